The number of ether oxygens (including phenoxy) is 1. The van der Waals surface area contributed by atoms with Crippen LogP contribution in [0.3, 0.4) is 0 Å². The Balaban J connectivity index is 2.11. The standard InChI is InChI=1S/C12H22N2O2/c1-4-13-5-7-14(8-6-13)9-10-16-12(15)11(2)3/h2,4-10H2,1,3H3. The Labute approximate surface area is 97.9 Å². The minimum atomic E-state index is -0.285. The van der Waals surface area contributed by atoms with Crippen LogP contribution < -0.4 is 0 Å². The third-order valence-corrected chi connectivity index (χ3v) is 2.90. The molecular formula is C12H22N2O2. The van der Waals surface area contributed by atoms with Gasteiger partial charge in [-0.1, -0.05) is 13.5 Å². The molecule has 0 amide bonds. The lowest BCUT2D eigenvalue weighted by atomic mass is 10.3. The van der Waals surface area contributed by atoms with Gasteiger partial charge < -0.3 is 9.64 Å². The number of hydrogen-bond acceptors (Lipinski definition) is 4. The topological polar surface area (TPSA) is 32.8 Å². The zero-order valence-electron chi connectivity index (χ0n) is 10.4. The lowest BCUT2D eigenvalue weighted by Crippen LogP contribution is -2.47. The molecule has 4 heteroatoms. The Bertz CT molecular complexity index is 245. The predicted octanol–water partition coefficient (Wildman–Crippen LogP) is 0.743. The van der Waals surface area contributed by atoms with Gasteiger partial charge in [0.25, 0.3) is 0 Å². The van der Waals surface area contributed by atoms with Gasteiger partial charge in [0.1, 0.15) is 6.61 Å². The molecule has 0 aromatic rings. The highest BCUT2D eigenvalue weighted by atomic mass is 16.5. The van der Waals surface area contributed by atoms with Crippen LogP contribution in [0.2, 0.25) is 0 Å². The van der Waals surface area contributed by atoms with Crippen LogP contribution in [0.1, 0.15) is 13.8 Å². The molecule has 0 aromatic heterocycles. The van der Waals surface area contributed by atoms with Crippen molar-refractivity contribution < 1.29 is 9.53 Å². The molecule has 0 saturated carbocycles. The van der Waals surface area contributed by atoms with E-state index < -0.39 is 0 Å². The van der Waals surface area contributed by atoms with Crippen molar-refractivity contribution in [2.24, 2.45) is 0 Å². The number of esters is 1. The summed E-state index contributed by atoms with van der Waals surface area (Å²) in [5.74, 6) is -0.285. The number of likely N-dealkylation sites (N-methyl/N-ethyl adjacent to an activating group) is 1. The summed E-state index contributed by atoms with van der Waals surface area (Å²) >= 11 is 0. The summed E-state index contributed by atoms with van der Waals surface area (Å²) in [5.41, 5.74) is 0.468. The van der Waals surface area contributed by atoms with Crippen molar-refractivity contribution >= 4 is 5.97 Å². The van der Waals surface area contributed by atoms with Gasteiger partial charge in [0.15, 0.2) is 0 Å². The number of nitrogens with zero attached hydrogens (tertiary/aromatic N) is 2. The largest absolute Gasteiger partial charge is 0.461 e. The van der Waals surface area contributed by atoms with Crippen molar-refractivity contribution in [3.05, 3.63) is 12.2 Å². The van der Waals surface area contributed by atoms with Gasteiger partial charge in [0.2, 0.25) is 0 Å². The van der Waals surface area contributed by atoms with Gasteiger partial charge in [-0.25, -0.2) is 4.79 Å². The molecule has 1 fully saturated rings. The third kappa shape index (κ3) is 4.33. The quantitative estimate of drug-likeness (QED) is 0.511. The second-order valence-electron chi connectivity index (χ2n) is 4.19. The Morgan fingerprint density at radius 3 is 2.31 bits per heavy atom. The highest BCUT2D eigenvalue weighted by molar-refractivity contribution is 5.86. The van der Waals surface area contributed by atoms with E-state index >= 15 is 0 Å². The van der Waals surface area contributed by atoms with Crippen LogP contribution in [0.4, 0.5) is 0 Å². The van der Waals surface area contributed by atoms with E-state index in [1.54, 1.807) is 6.92 Å². The lowest BCUT2D eigenvalue weighted by Gasteiger charge is -2.33. The van der Waals surface area contributed by atoms with E-state index in [1.165, 1.54) is 0 Å². The summed E-state index contributed by atoms with van der Waals surface area (Å²) < 4.78 is 5.07. The molecule has 0 bridgehead atoms. The first-order valence-electron chi connectivity index (χ1n) is 5.90. The minimum absolute atomic E-state index is 0.285. The third-order valence-electron chi connectivity index (χ3n) is 2.90. The Kier molecular flexibility index (Phi) is 5.49. The molecule has 1 rings (SSSR count). The second-order valence-corrected chi connectivity index (χ2v) is 4.19. The van der Waals surface area contributed by atoms with Crippen LogP contribution in [0.15, 0.2) is 12.2 Å². The first kappa shape index (κ1) is 13.2. The van der Waals surface area contributed by atoms with Crippen molar-refractivity contribution in [3.63, 3.8) is 0 Å². The zero-order valence-corrected chi connectivity index (χ0v) is 10.4. The zero-order chi connectivity index (χ0) is 12.0. The van der Waals surface area contributed by atoms with Crippen molar-refractivity contribution in [3.8, 4) is 0 Å². The van der Waals surface area contributed by atoms with E-state index in [0.29, 0.717) is 12.2 Å². The van der Waals surface area contributed by atoms with Gasteiger partial charge in [0.05, 0.1) is 0 Å². The average Bonchev–Trinajstić information content (AvgIpc) is 2.29. The van der Waals surface area contributed by atoms with Crippen LogP contribution in [0.5, 0.6) is 0 Å². The monoisotopic (exact) mass is 226 g/mol. The molecule has 0 unspecified atom stereocenters. The molecule has 0 atom stereocenters. The maximum Gasteiger partial charge on any atom is 0.333 e. The van der Waals surface area contributed by atoms with E-state index in [2.05, 4.69) is 23.3 Å². The van der Waals surface area contributed by atoms with Gasteiger partial charge in [-0.05, 0) is 13.5 Å². The summed E-state index contributed by atoms with van der Waals surface area (Å²) in [4.78, 5) is 15.9. The molecule has 0 aromatic carbocycles. The minimum Gasteiger partial charge on any atom is -0.461 e. The van der Waals surface area contributed by atoms with E-state index in [0.717, 1.165) is 39.3 Å². The molecule has 4 nitrogen and oxygen atoms in total. The summed E-state index contributed by atoms with van der Waals surface area (Å²) in [6.45, 7) is 14.2. The number of carbonyl (C=O) groups excluding carboxylic acids is 1. The fourth-order valence-electron chi connectivity index (χ4n) is 1.72. The van der Waals surface area contributed by atoms with Crippen molar-refractivity contribution in [2.75, 3.05) is 45.9 Å². The lowest BCUT2D eigenvalue weighted by molar-refractivity contribution is -0.139. The van der Waals surface area contributed by atoms with Crippen molar-refractivity contribution in [1.29, 1.82) is 0 Å². The molecule has 0 radical (unpaired) electrons. The molecule has 1 heterocycles. The Hall–Kier alpha value is -0.870. The van der Waals surface area contributed by atoms with E-state index in [9.17, 15) is 4.79 Å². The molecular weight excluding hydrogens is 204 g/mol. The molecule has 1 saturated heterocycles. The fourth-order valence-corrected chi connectivity index (χ4v) is 1.72. The number of carbonyl (C=O) groups is 1. The molecule has 1 aliphatic heterocycles. The number of hydrogen-bond donors (Lipinski definition) is 0. The SMILES string of the molecule is C=C(C)C(=O)OCCN1CCN(CC)CC1. The molecule has 92 valence electrons. The van der Waals surface area contributed by atoms with Crippen LogP contribution in [-0.4, -0.2) is 61.6 Å². The molecule has 16 heavy (non-hydrogen) atoms. The van der Waals surface area contributed by atoms with Gasteiger partial charge in [-0.15, -0.1) is 0 Å². The van der Waals surface area contributed by atoms with Crippen LogP contribution >= 0.6 is 0 Å². The second kappa shape index (κ2) is 6.66. The first-order chi connectivity index (χ1) is 7.63. The fraction of sp³-hybridized carbons (Fsp3) is 0.750. The average molecular weight is 226 g/mol. The van der Waals surface area contributed by atoms with Crippen LogP contribution in [-0.2, 0) is 9.53 Å². The van der Waals surface area contributed by atoms with Gasteiger partial charge >= 0.3 is 5.97 Å². The summed E-state index contributed by atoms with van der Waals surface area (Å²) in [6.07, 6.45) is 0. The normalized spacial score (nSPS) is 18.4. The smallest absolute Gasteiger partial charge is 0.333 e. The van der Waals surface area contributed by atoms with E-state index in [1.807, 2.05) is 0 Å². The van der Waals surface area contributed by atoms with Crippen LogP contribution in [0, 0.1) is 0 Å². The van der Waals surface area contributed by atoms with E-state index in [4.69, 9.17) is 4.74 Å². The molecule has 0 aliphatic carbocycles. The molecule has 1 aliphatic rings. The van der Waals surface area contributed by atoms with Gasteiger partial charge in [-0.3, -0.25) is 4.90 Å². The number of rotatable bonds is 5. The maximum atomic E-state index is 11.1. The number of piperazine rings is 1. The summed E-state index contributed by atoms with van der Waals surface area (Å²) in [6, 6.07) is 0. The van der Waals surface area contributed by atoms with Gasteiger partial charge in [0, 0.05) is 38.3 Å². The molecule has 0 spiro atoms. The van der Waals surface area contributed by atoms with Crippen molar-refractivity contribution in [2.45, 2.75) is 13.8 Å². The Morgan fingerprint density at radius 1 is 1.25 bits per heavy atom. The molecule has 0 N–H and O–H groups in total. The Morgan fingerprint density at radius 2 is 1.81 bits per heavy atom. The highest BCUT2D eigenvalue weighted by Crippen LogP contribution is 2.01. The summed E-state index contributed by atoms with van der Waals surface area (Å²) in [7, 11) is 0. The highest BCUT2D eigenvalue weighted by Gasteiger charge is 2.15. The van der Waals surface area contributed by atoms with E-state index in [-0.39, 0.29) is 5.97 Å². The predicted molar refractivity (Wildman–Crippen MR) is 64.3 cm³/mol. The summed E-state index contributed by atoms with van der Waals surface area (Å²) in [5, 5.41) is 0. The maximum absolute atomic E-state index is 11.1. The van der Waals surface area contributed by atoms with Crippen molar-refractivity contribution in [1.82, 2.24) is 9.80 Å². The first-order valence-corrected chi connectivity index (χ1v) is 5.90. The van der Waals surface area contributed by atoms with Gasteiger partial charge in [-0.2, -0.15) is 0 Å². The van der Waals surface area contributed by atoms with Crippen LogP contribution in [0.25, 0.3) is 0 Å².